The summed E-state index contributed by atoms with van der Waals surface area (Å²) in [6, 6.07) is 4.75. The first-order valence-electron chi connectivity index (χ1n) is 6.71. The maximum atomic E-state index is 12.0. The number of anilines is 2. The number of benzene rings is 1. The van der Waals surface area contributed by atoms with Gasteiger partial charge in [-0.2, -0.15) is 9.90 Å². The van der Waals surface area contributed by atoms with E-state index in [-0.39, 0.29) is 12.4 Å². The highest BCUT2D eigenvalue weighted by Gasteiger charge is 2.10. The lowest BCUT2D eigenvalue weighted by Gasteiger charge is -2.04. The van der Waals surface area contributed by atoms with E-state index < -0.39 is 17.8 Å². The van der Waals surface area contributed by atoms with E-state index in [4.69, 9.17) is 4.42 Å². The second-order valence-corrected chi connectivity index (χ2v) is 4.65. The highest BCUT2D eigenvalue weighted by Crippen LogP contribution is 2.16. The summed E-state index contributed by atoms with van der Waals surface area (Å²) in [5.74, 6) is -0.808. The Morgan fingerprint density at radius 1 is 1.38 bits per heavy atom. The summed E-state index contributed by atoms with van der Waals surface area (Å²) in [5, 5.41) is 12.7. The molecule has 0 atom stereocenters. The Kier molecular flexibility index (Phi) is 3.97. The lowest BCUT2D eigenvalue weighted by molar-refractivity contribution is -0.117. The number of rotatable bonds is 4. The highest BCUT2D eigenvalue weighted by molar-refractivity contribution is 5.92. The summed E-state index contributed by atoms with van der Waals surface area (Å²) in [6.07, 6.45) is 0.595. The molecule has 3 rings (SSSR count). The number of aromatic amines is 1. The van der Waals surface area contributed by atoms with Crippen molar-refractivity contribution in [2.75, 3.05) is 17.7 Å². The van der Waals surface area contributed by atoms with Crippen LogP contribution in [0.4, 0.5) is 16.3 Å². The number of carbonyl (C=O) groups is 2. The van der Waals surface area contributed by atoms with Crippen LogP contribution < -0.4 is 16.4 Å². The summed E-state index contributed by atoms with van der Waals surface area (Å²) in [4.78, 5) is 37.7. The van der Waals surface area contributed by atoms with Crippen LogP contribution in [0.5, 0.6) is 0 Å². The Hall–Kier alpha value is -3.63. The third kappa shape index (κ3) is 3.40. The SMILES string of the molecule is COC(=O)Nc1cnn(CC(=O)Nc2ccc3[nH]c(=O)oc3c2)n1. The summed E-state index contributed by atoms with van der Waals surface area (Å²) in [6.45, 7) is -0.169. The summed E-state index contributed by atoms with van der Waals surface area (Å²) >= 11 is 0. The van der Waals surface area contributed by atoms with Crippen molar-refractivity contribution in [3.63, 3.8) is 0 Å². The maximum absolute atomic E-state index is 12.0. The number of hydrogen-bond acceptors (Lipinski definition) is 7. The number of amides is 2. The third-order valence-corrected chi connectivity index (χ3v) is 2.94. The molecule has 0 aliphatic heterocycles. The van der Waals surface area contributed by atoms with E-state index in [1.807, 2.05) is 0 Å². The second-order valence-electron chi connectivity index (χ2n) is 4.65. The van der Waals surface area contributed by atoms with Crippen molar-refractivity contribution < 1.29 is 18.7 Å². The third-order valence-electron chi connectivity index (χ3n) is 2.94. The minimum absolute atomic E-state index is 0.158. The number of methoxy groups -OCH3 is 1. The van der Waals surface area contributed by atoms with Gasteiger partial charge in [-0.3, -0.25) is 15.1 Å². The first kappa shape index (κ1) is 15.3. The number of nitrogens with zero attached hydrogens (tertiary/aromatic N) is 3. The van der Waals surface area contributed by atoms with Gasteiger partial charge in [0.15, 0.2) is 11.4 Å². The van der Waals surface area contributed by atoms with E-state index >= 15 is 0 Å². The highest BCUT2D eigenvalue weighted by atomic mass is 16.5. The minimum Gasteiger partial charge on any atom is -0.453 e. The van der Waals surface area contributed by atoms with Crippen LogP contribution in [0, 0.1) is 0 Å². The molecule has 11 nitrogen and oxygen atoms in total. The zero-order valence-electron chi connectivity index (χ0n) is 12.4. The predicted octanol–water partition coefficient (Wildman–Crippen LogP) is 0.530. The molecule has 0 radical (unpaired) electrons. The molecule has 2 aromatic heterocycles. The number of fused-ring (bicyclic) bond motifs is 1. The van der Waals surface area contributed by atoms with Gasteiger partial charge >= 0.3 is 11.8 Å². The van der Waals surface area contributed by atoms with Gasteiger partial charge in [0, 0.05) is 11.8 Å². The van der Waals surface area contributed by atoms with Crippen LogP contribution in [-0.4, -0.2) is 39.1 Å². The topological polar surface area (TPSA) is 144 Å². The van der Waals surface area contributed by atoms with Crippen LogP contribution >= 0.6 is 0 Å². The molecule has 2 amide bonds. The summed E-state index contributed by atoms with van der Waals surface area (Å²) in [5.41, 5.74) is 1.32. The van der Waals surface area contributed by atoms with E-state index in [9.17, 15) is 14.4 Å². The van der Waals surface area contributed by atoms with Crippen molar-refractivity contribution in [3.8, 4) is 0 Å². The molecule has 0 fully saturated rings. The fourth-order valence-electron chi connectivity index (χ4n) is 1.94. The van der Waals surface area contributed by atoms with E-state index in [2.05, 4.69) is 30.6 Å². The van der Waals surface area contributed by atoms with E-state index in [1.165, 1.54) is 19.4 Å². The Labute approximate surface area is 133 Å². The van der Waals surface area contributed by atoms with Gasteiger partial charge in [-0.1, -0.05) is 0 Å². The molecule has 24 heavy (non-hydrogen) atoms. The van der Waals surface area contributed by atoms with Gasteiger partial charge in [0.2, 0.25) is 5.91 Å². The average Bonchev–Trinajstić information content (AvgIpc) is 3.11. The molecule has 1 aromatic carbocycles. The van der Waals surface area contributed by atoms with Crippen LogP contribution in [0.1, 0.15) is 0 Å². The van der Waals surface area contributed by atoms with E-state index in [0.717, 1.165) is 4.80 Å². The molecule has 0 aliphatic carbocycles. The number of nitrogens with one attached hydrogen (secondary N) is 3. The van der Waals surface area contributed by atoms with Gasteiger partial charge in [0.1, 0.15) is 6.54 Å². The fourth-order valence-corrected chi connectivity index (χ4v) is 1.94. The molecule has 3 aromatic rings. The maximum Gasteiger partial charge on any atom is 0.417 e. The van der Waals surface area contributed by atoms with Crippen LogP contribution in [0.15, 0.2) is 33.6 Å². The van der Waals surface area contributed by atoms with Gasteiger partial charge in [0.05, 0.1) is 18.8 Å². The first-order valence-corrected chi connectivity index (χ1v) is 6.71. The summed E-state index contributed by atoms with van der Waals surface area (Å²) in [7, 11) is 1.22. The zero-order chi connectivity index (χ0) is 17.1. The molecule has 3 N–H and O–H groups in total. The van der Waals surface area contributed by atoms with E-state index in [1.54, 1.807) is 12.1 Å². The molecule has 124 valence electrons. The number of H-pyrrole nitrogens is 1. The van der Waals surface area contributed by atoms with Crippen molar-refractivity contribution in [1.29, 1.82) is 0 Å². The van der Waals surface area contributed by atoms with Gasteiger partial charge in [-0.25, -0.2) is 9.59 Å². The monoisotopic (exact) mass is 332 g/mol. The number of oxazole rings is 1. The Balaban J connectivity index is 1.64. The standard InChI is InChI=1S/C13H12N6O5/c1-23-12(21)17-10-5-14-19(18-10)6-11(20)15-7-2-3-8-9(4-7)24-13(22)16-8/h2-5H,6H2,1H3,(H,15,20)(H,16,22)(H,17,18,21). The predicted molar refractivity (Wildman–Crippen MR) is 81.5 cm³/mol. The minimum atomic E-state index is -0.687. The van der Waals surface area contributed by atoms with Crippen LogP contribution in [0.3, 0.4) is 0 Å². The molecule has 0 saturated carbocycles. The quantitative estimate of drug-likeness (QED) is 0.632. The number of ether oxygens (including phenoxy) is 1. The Morgan fingerprint density at radius 3 is 3.00 bits per heavy atom. The number of carbonyl (C=O) groups excluding carboxylic acids is 2. The fraction of sp³-hybridized carbons (Fsp3) is 0.154. The molecule has 0 aliphatic rings. The molecule has 0 spiro atoms. The molecule has 2 heterocycles. The number of hydrogen-bond donors (Lipinski definition) is 3. The molecule has 11 heteroatoms. The molecule has 0 bridgehead atoms. The van der Waals surface area contributed by atoms with Crippen molar-refractivity contribution in [1.82, 2.24) is 20.0 Å². The number of aromatic nitrogens is 4. The van der Waals surface area contributed by atoms with Gasteiger partial charge in [0.25, 0.3) is 0 Å². The smallest absolute Gasteiger partial charge is 0.417 e. The Morgan fingerprint density at radius 2 is 2.21 bits per heavy atom. The van der Waals surface area contributed by atoms with Crippen LogP contribution in [0.25, 0.3) is 11.1 Å². The largest absolute Gasteiger partial charge is 0.453 e. The molecular formula is C13H12N6O5. The molecular weight excluding hydrogens is 320 g/mol. The lowest BCUT2D eigenvalue weighted by atomic mass is 10.3. The van der Waals surface area contributed by atoms with Gasteiger partial charge in [-0.05, 0) is 12.1 Å². The lowest BCUT2D eigenvalue weighted by Crippen LogP contribution is -2.20. The zero-order valence-corrected chi connectivity index (χ0v) is 12.4. The van der Waals surface area contributed by atoms with Crippen LogP contribution in [0.2, 0.25) is 0 Å². The van der Waals surface area contributed by atoms with Crippen LogP contribution in [-0.2, 0) is 16.1 Å². The van der Waals surface area contributed by atoms with Crippen molar-refractivity contribution in [3.05, 3.63) is 34.9 Å². The second kappa shape index (κ2) is 6.24. The van der Waals surface area contributed by atoms with Crippen molar-refractivity contribution >= 4 is 34.6 Å². The van der Waals surface area contributed by atoms with Gasteiger partial charge < -0.3 is 14.5 Å². The molecule has 0 saturated heterocycles. The normalized spacial score (nSPS) is 10.5. The first-order chi connectivity index (χ1) is 11.5. The van der Waals surface area contributed by atoms with E-state index in [0.29, 0.717) is 16.8 Å². The van der Waals surface area contributed by atoms with Gasteiger partial charge in [-0.15, -0.1) is 5.10 Å². The van der Waals surface area contributed by atoms with Crippen molar-refractivity contribution in [2.45, 2.75) is 6.54 Å². The summed E-state index contributed by atoms with van der Waals surface area (Å²) < 4.78 is 9.34. The Bertz CT molecular complexity index is 955. The van der Waals surface area contributed by atoms with Crippen molar-refractivity contribution in [2.24, 2.45) is 0 Å². The average molecular weight is 332 g/mol. The molecule has 0 unspecified atom stereocenters.